The number of nitrogen functional groups attached to an aromatic ring is 1. The zero-order chi connectivity index (χ0) is 13.3. The molecule has 3 heteroatoms. The number of carbonyl (C=O) groups is 1. The van der Waals surface area contributed by atoms with E-state index in [9.17, 15) is 4.79 Å². The molecule has 1 aliphatic heterocycles. The van der Waals surface area contributed by atoms with E-state index in [4.69, 9.17) is 5.73 Å². The van der Waals surface area contributed by atoms with Crippen molar-refractivity contribution in [1.29, 1.82) is 0 Å². The van der Waals surface area contributed by atoms with Crippen molar-refractivity contribution in [1.82, 2.24) is 4.90 Å². The highest BCUT2D eigenvalue weighted by atomic mass is 16.2. The van der Waals surface area contributed by atoms with Gasteiger partial charge in [0.25, 0.3) is 5.91 Å². The average molecular weight is 244 g/mol. The zero-order valence-corrected chi connectivity index (χ0v) is 11.1. The molecule has 2 N–H and O–H groups in total. The fraction of sp³-hybridized carbons (Fsp3) is 0.400. The molecule has 0 spiro atoms. The number of carbonyl (C=O) groups excluding carboxylic acids is 1. The Balaban J connectivity index is 2.13. The Morgan fingerprint density at radius 3 is 2.89 bits per heavy atom. The lowest BCUT2D eigenvalue weighted by atomic mass is 10.1. The van der Waals surface area contributed by atoms with Gasteiger partial charge in [0.1, 0.15) is 0 Å². The molecule has 1 heterocycles. The van der Waals surface area contributed by atoms with Crippen LogP contribution in [-0.2, 0) is 6.54 Å². The minimum absolute atomic E-state index is 0.103. The molecule has 2 rings (SSSR count). The number of allylic oxidation sites excluding steroid dienone is 1. The van der Waals surface area contributed by atoms with Crippen LogP contribution in [0, 0.1) is 0 Å². The summed E-state index contributed by atoms with van der Waals surface area (Å²) in [6, 6.07) is 5.78. The predicted molar refractivity (Wildman–Crippen MR) is 74.2 cm³/mol. The van der Waals surface area contributed by atoms with E-state index in [-0.39, 0.29) is 11.9 Å². The van der Waals surface area contributed by atoms with E-state index >= 15 is 0 Å². The van der Waals surface area contributed by atoms with Crippen molar-refractivity contribution in [2.24, 2.45) is 0 Å². The first-order valence-electron chi connectivity index (χ1n) is 6.33. The topological polar surface area (TPSA) is 46.3 Å². The van der Waals surface area contributed by atoms with Crippen LogP contribution in [-0.4, -0.2) is 16.8 Å². The fourth-order valence-corrected chi connectivity index (χ4v) is 2.35. The third-order valence-corrected chi connectivity index (χ3v) is 3.55. The van der Waals surface area contributed by atoms with Crippen LogP contribution in [0.25, 0.3) is 0 Å². The molecule has 0 aromatic heterocycles. The van der Waals surface area contributed by atoms with Crippen LogP contribution in [0.15, 0.2) is 30.4 Å². The predicted octanol–water partition coefficient (Wildman–Crippen LogP) is 2.97. The van der Waals surface area contributed by atoms with Gasteiger partial charge in [-0.1, -0.05) is 11.6 Å². The molecule has 1 aliphatic rings. The monoisotopic (exact) mass is 244 g/mol. The Hall–Kier alpha value is -1.77. The second kappa shape index (κ2) is 4.84. The van der Waals surface area contributed by atoms with Gasteiger partial charge < -0.3 is 10.6 Å². The minimum Gasteiger partial charge on any atom is -0.398 e. The summed E-state index contributed by atoms with van der Waals surface area (Å²) in [6.45, 7) is 8.65. The highest BCUT2D eigenvalue weighted by Gasteiger charge is 2.31. The van der Waals surface area contributed by atoms with Crippen molar-refractivity contribution in [3.8, 4) is 0 Å². The van der Waals surface area contributed by atoms with Gasteiger partial charge in [-0.2, -0.15) is 0 Å². The van der Waals surface area contributed by atoms with Crippen molar-refractivity contribution >= 4 is 11.6 Å². The smallest absolute Gasteiger partial charge is 0.254 e. The average Bonchev–Trinajstić information content (AvgIpc) is 2.66. The van der Waals surface area contributed by atoms with Crippen molar-refractivity contribution in [3.05, 3.63) is 41.5 Å². The number of rotatable bonds is 4. The van der Waals surface area contributed by atoms with E-state index in [0.29, 0.717) is 6.54 Å². The second-order valence-corrected chi connectivity index (χ2v) is 5.15. The van der Waals surface area contributed by atoms with Gasteiger partial charge in [0.2, 0.25) is 0 Å². The summed E-state index contributed by atoms with van der Waals surface area (Å²) in [5.74, 6) is 0.103. The summed E-state index contributed by atoms with van der Waals surface area (Å²) in [4.78, 5) is 14.2. The first kappa shape index (κ1) is 12.7. The number of fused-ring (bicyclic) bond motifs is 1. The van der Waals surface area contributed by atoms with Gasteiger partial charge in [-0.25, -0.2) is 0 Å². The van der Waals surface area contributed by atoms with Gasteiger partial charge in [-0.05, 0) is 38.8 Å². The molecule has 1 aromatic rings. The molecular weight excluding hydrogens is 224 g/mol. The van der Waals surface area contributed by atoms with E-state index in [0.717, 1.165) is 35.2 Å². The number of nitrogens with two attached hydrogens (primary N) is 1. The van der Waals surface area contributed by atoms with E-state index < -0.39 is 0 Å². The molecule has 1 amide bonds. The summed E-state index contributed by atoms with van der Waals surface area (Å²) in [5, 5.41) is 0. The van der Waals surface area contributed by atoms with Crippen molar-refractivity contribution in [2.45, 2.75) is 39.3 Å². The molecule has 18 heavy (non-hydrogen) atoms. The maximum Gasteiger partial charge on any atom is 0.254 e. The molecule has 0 saturated heterocycles. The largest absolute Gasteiger partial charge is 0.398 e. The van der Waals surface area contributed by atoms with Crippen LogP contribution >= 0.6 is 0 Å². The summed E-state index contributed by atoms with van der Waals surface area (Å²) >= 11 is 0. The van der Waals surface area contributed by atoms with Gasteiger partial charge in [0.15, 0.2) is 0 Å². The van der Waals surface area contributed by atoms with E-state index in [2.05, 4.69) is 13.5 Å². The van der Waals surface area contributed by atoms with Crippen LogP contribution in [0.2, 0.25) is 0 Å². The molecule has 0 fully saturated rings. The normalized spacial score (nSPS) is 15.7. The first-order chi connectivity index (χ1) is 8.50. The molecule has 0 radical (unpaired) electrons. The lowest BCUT2D eigenvalue weighted by Gasteiger charge is -2.24. The Labute approximate surface area is 108 Å². The van der Waals surface area contributed by atoms with E-state index in [1.807, 2.05) is 30.0 Å². The summed E-state index contributed by atoms with van der Waals surface area (Å²) < 4.78 is 0. The maximum atomic E-state index is 12.3. The molecule has 1 atom stereocenters. The molecule has 0 saturated carbocycles. The van der Waals surface area contributed by atoms with Crippen LogP contribution in [0.5, 0.6) is 0 Å². The summed E-state index contributed by atoms with van der Waals surface area (Å²) in [5.41, 5.74) is 9.54. The first-order valence-corrected chi connectivity index (χ1v) is 6.33. The van der Waals surface area contributed by atoms with Crippen LogP contribution in [0.3, 0.4) is 0 Å². The van der Waals surface area contributed by atoms with Gasteiger partial charge in [0.05, 0.1) is 0 Å². The summed E-state index contributed by atoms with van der Waals surface area (Å²) in [7, 11) is 0. The quantitative estimate of drug-likeness (QED) is 0.653. The number of hydrogen-bond acceptors (Lipinski definition) is 2. The Kier molecular flexibility index (Phi) is 3.41. The van der Waals surface area contributed by atoms with Crippen molar-refractivity contribution < 1.29 is 4.79 Å². The van der Waals surface area contributed by atoms with Gasteiger partial charge in [-0.15, -0.1) is 6.58 Å². The van der Waals surface area contributed by atoms with E-state index in [1.165, 1.54) is 0 Å². The fourth-order valence-electron chi connectivity index (χ4n) is 2.35. The molecule has 0 bridgehead atoms. The third kappa shape index (κ3) is 2.26. The second-order valence-electron chi connectivity index (χ2n) is 5.15. The molecule has 96 valence electrons. The molecule has 3 nitrogen and oxygen atoms in total. The minimum atomic E-state index is 0.103. The standard InChI is InChI=1S/C15H20N2O/c1-10(2)7-8-11(3)17-9-13-12(15(17)18)5-4-6-14(13)16/h4-6,11H,1,7-9,16H2,2-3H3. The van der Waals surface area contributed by atoms with Gasteiger partial charge in [0, 0.05) is 29.4 Å². The Morgan fingerprint density at radius 2 is 2.28 bits per heavy atom. The number of hydrogen-bond donors (Lipinski definition) is 1. The number of nitrogens with zero attached hydrogens (tertiary/aromatic N) is 1. The Morgan fingerprint density at radius 1 is 1.56 bits per heavy atom. The molecule has 0 aliphatic carbocycles. The van der Waals surface area contributed by atoms with Crippen LogP contribution in [0.1, 0.15) is 42.6 Å². The lowest BCUT2D eigenvalue weighted by molar-refractivity contribution is 0.0709. The molecule has 1 aromatic carbocycles. The molecule has 1 unspecified atom stereocenters. The zero-order valence-electron chi connectivity index (χ0n) is 11.1. The van der Waals surface area contributed by atoms with Crippen LogP contribution in [0.4, 0.5) is 5.69 Å². The number of amides is 1. The molecular formula is C15H20N2O. The van der Waals surface area contributed by atoms with Crippen molar-refractivity contribution in [3.63, 3.8) is 0 Å². The van der Waals surface area contributed by atoms with E-state index in [1.54, 1.807) is 0 Å². The number of benzene rings is 1. The SMILES string of the molecule is C=C(C)CCC(C)N1Cc2c(N)cccc2C1=O. The van der Waals surface area contributed by atoms with Crippen molar-refractivity contribution in [2.75, 3.05) is 5.73 Å². The van der Waals surface area contributed by atoms with Gasteiger partial charge >= 0.3 is 0 Å². The highest BCUT2D eigenvalue weighted by molar-refractivity contribution is 6.00. The lowest BCUT2D eigenvalue weighted by Crippen LogP contribution is -2.33. The third-order valence-electron chi connectivity index (χ3n) is 3.55. The van der Waals surface area contributed by atoms with Crippen LogP contribution < -0.4 is 5.73 Å². The Bertz CT molecular complexity index is 493. The van der Waals surface area contributed by atoms with Gasteiger partial charge in [-0.3, -0.25) is 4.79 Å². The highest BCUT2D eigenvalue weighted by Crippen LogP contribution is 2.29. The number of anilines is 1. The maximum absolute atomic E-state index is 12.3. The summed E-state index contributed by atoms with van der Waals surface area (Å²) in [6.07, 6.45) is 1.91.